The summed E-state index contributed by atoms with van der Waals surface area (Å²) in [5.74, 6) is 0. The van der Waals surface area contributed by atoms with Gasteiger partial charge >= 0.3 is 0 Å². The van der Waals surface area contributed by atoms with Gasteiger partial charge in [0.05, 0.1) is 5.69 Å². The molecule has 4 heteroatoms. The highest BCUT2D eigenvalue weighted by molar-refractivity contribution is 7.14. The monoisotopic (exact) mass is 287 g/mol. The molecule has 0 saturated carbocycles. The molecule has 0 aliphatic carbocycles. The molecule has 1 aromatic heterocycles. The third-order valence-electron chi connectivity index (χ3n) is 3.85. The zero-order chi connectivity index (χ0) is 13.8. The van der Waals surface area contributed by atoms with Gasteiger partial charge in [-0.2, -0.15) is 0 Å². The maximum atomic E-state index is 5.63. The van der Waals surface area contributed by atoms with Gasteiger partial charge in [-0.3, -0.25) is 0 Å². The number of benzene rings is 1. The number of hydrogen-bond acceptors (Lipinski definition) is 4. The Morgan fingerprint density at radius 3 is 2.40 bits per heavy atom. The molecule has 1 saturated heterocycles. The van der Waals surface area contributed by atoms with Gasteiger partial charge in [0, 0.05) is 30.6 Å². The van der Waals surface area contributed by atoms with Crippen LogP contribution in [-0.4, -0.2) is 18.1 Å². The van der Waals surface area contributed by atoms with Gasteiger partial charge in [0.2, 0.25) is 0 Å². The van der Waals surface area contributed by atoms with E-state index in [0.717, 1.165) is 24.3 Å². The van der Waals surface area contributed by atoms with Crippen molar-refractivity contribution in [3.8, 4) is 11.3 Å². The molecule has 0 atom stereocenters. The fourth-order valence-electron chi connectivity index (χ4n) is 2.62. The van der Waals surface area contributed by atoms with Crippen molar-refractivity contribution in [2.45, 2.75) is 32.2 Å². The third kappa shape index (κ3) is 3.02. The van der Waals surface area contributed by atoms with E-state index >= 15 is 0 Å². The Morgan fingerprint density at radius 2 is 1.75 bits per heavy atom. The number of nitrogens with two attached hydrogens (primary N) is 1. The summed E-state index contributed by atoms with van der Waals surface area (Å²) in [6, 6.07) is 8.40. The lowest BCUT2D eigenvalue weighted by Gasteiger charge is -2.18. The van der Waals surface area contributed by atoms with Crippen molar-refractivity contribution in [3.63, 3.8) is 0 Å². The smallest absolute Gasteiger partial charge is 0.185 e. The second-order valence-electron chi connectivity index (χ2n) is 5.32. The first-order valence-corrected chi connectivity index (χ1v) is 8.24. The van der Waals surface area contributed by atoms with Crippen LogP contribution in [0.4, 0.5) is 5.13 Å². The largest absolute Gasteiger partial charge is 0.348 e. The van der Waals surface area contributed by atoms with Crippen molar-refractivity contribution < 1.29 is 0 Å². The van der Waals surface area contributed by atoms with Crippen LogP contribution in [0.15, 0.2) is 29.6 Å². The Bertz CT molecular complexity index is 539. The molecule has 3 rings (SSSR count). The van der Waals surface area contributed by atoms with Crippen LogP contribution in [0.5, 0.6) is 0 Å². The van der Waals surface area contributed by atoms with E-state index in [1.807, 2.05) is 0 Å². The average Bonchev–Trinajstić information content (AvgIpc) is 2.83. The minimum absolute atomic E-state index is 0.594. The molecular formula is C16H21N3S. The summed E-state index contributed by atoms with van der Waals surface area (Å²) in [4.78, 5) is 7.25. The van der Waals surface area contributed by atoms with Crippen LogP contribution in [0.2, 0.25) is 0 Å². The normalized spacial score (nSPS) is 16.1. The molecular weight excluding hydrogens is 266 g/mol. The van der Waals surface area contributed by atoms with Gasteiger partial charge in [-0.1, -0.05) is 37.1 Å². The Labute approximate surface area is 124 Å². The molecule has 2 heterocycles. The summed E-state index contributed by atoms with van der Waals surface area (Å²) < 4.78 is 0. The highest BCUT2D eigenvalue weighted by Gasteiger charge is 2.13. The van der Waals surface area contributed by atoms with E-state index in [9.17, 15) is 0 Å². The predicted octanol–water partition coefficient (Wildman–Crippen LogP) is 3.65. The summed E-state index contributed by atoms with van der Waals surface area (Å²) in [6.45, 7) is 2.90. The summed E-state index contributed by atoms with van der Waals surface area (Å²) in [5, 5.41) is 3.34. The molecule has 1 fully saturated rings. The maximum absolute atomic E-state index is 5.63. The van der Waals surface area contributed by atoms with Gasteiger partial charge in [0.15, 0.2) is 5.13 Å². The Hall–Kier alpha value is -1.39. The minimum atomic E-state index is 0.594. The van der Waals surface area contributed by atoms with Crippen LogP contribution in [0.3, 0.4) is 0 Å². The Kier molecular flexibility index (Phi) is 4.33. The first-order valence-electron chi connectivity index (χ1n) is 7.36. The van der Waals surface area contributed by atoms with Gasteiger partial charge in [-0.05, 0) is 18.4 Å². The van der Waals surface area contributed by atoms with Crippen molar-refractivity contribution in [2.24, 2.45) is 5.73 Å². The first kappa shape index (κ1) is 13.6. The van der Waals surface area contributed by atoms with Gasteiger partial charge in [0.1, 0.15) is 0 Å². The zero-order valence-electron chi connectivity index (χ0n) is 11.7. The number of thiazole rings is 1. The highest BCUT2D eigenvalue weighted by atomic mass is 32.1. The van der Waals surface area contributed by atoms with E-state index in [4.69, 9.17) is 10.7 Å². The molecule has 0 amide bonds. The van der Waals surface area contributed by atoms with E-state index in [1.165, 1.54) is 36.4 Å². The lowest BCUT2D eigenvalue weighted by molar-refractivity contribution is 0.726. The molecule has 0 spiro atoms. The molecule has 1 aliphatic rings. The summed E-state index contributed by atoms with van der Waals surface area (Å²) in [6.07, 6.45) is 5.30. The number of anilines is 1. The van der Waals surface area contributed by atoms with Crippen LogP contribution < -0.4 is 10.6 Å². The molecule has 2 N–H and O–H groups in total. The van der Waals surface area contributed by atoms with Gasteiger partial charge in [-0.25, -0.2) is 4.98 Å². The van der Waals surface area contributed by atoms with Crippen LogP contribution in [0, 0.1) is 0 Å². The van der Waals surface area contributed by atoms with Crippen LogP contribution >= 0.6 is 11.3 Å². The minimum Gasteiger partial charge on any atom is -0.348 e. The van der Waals surface area contributed by atoms with Gasteiger partial charge in [0.25, 0.3) is 0 Å². The second-order valence-corrected chi connectivity index (χ2v) is 6.15. The van der Waals surface area contributed by atoms with E-state index in [-0.39, 0.29) is 0 Å². The fraction of sp³-hybridized carbons (Fsp3) is 0.438. The maximum Gasteiger partial charge on any atom is 0.185 e. The highest BCUT2D eigenvalue weighted by Crippen LogP contribution is 2.29. The molecule has 3 nitrogen and oxygen atoms in total. The topological polar surface area (TPSA) is 42.1 Å². The molecule has 20 heavy (non-hydrogen) atoms. The van der Waals surface area contributed by atoms with Crippen molar-refractivity contribution in [1.29, 1.82) is 0 Å². The van der Waals surface area contributed by atoms with E-state index < -0.39 is 0 Å². The quantitative estimate of drug-likeness (QED) is 0.937. The molecule has 106 valence electrons. The number of nitrogens with zero attached hydrogens (tertiary/aromatic N) is 2. The van der Waals surface area contributed by atoms with Crippen LogP contribution in [-0.2, 0) is 6.54 Å². The Morgan fingerprint density at radius 1 is 1.05 bits per heavy atom. The van der Waals surface area contributed by atoms with Crippen molar-refractivity contribution in [3.05, 3.63) is 35.2 Å². The molecule has 2 aromatic rings. The summed E-state index contributed by atoms with van der Waals surface area (Å²) in [7, 11) is 0. The average molecular weight is 287 g/mol. The van der Waals surface area contributed by atoms with Gasteiger partial charge in [-0.15, -0.1) is 11.3 Å². The van der Waals surface area contributed by atoms with E-state index in [0.29, 0.717) is 6.54 Å². The fourth-order valence-corrected chi connectivity index (χ4v) is 3.50. The van der Waals surface area contributed by atoms with Crippen molar-refractivity contribution >= 4 is 16.5 Å². The molecule has 1 aromatic carbocycles. The predicted molar refractivity (Wildman–Crippen MR) is 86.1 cm³/mol. The third-order valence-corrected chi connectivity index (χ3v) is 4.76. The van der Waals surface area contributed by atoms with Crippen LogP contribution in [0.25, 0.3) is 11.3 Å². The first-order chi connectivity index (χ1) is 9.86. The van der Waals surface area contributed by atoms with Gasteiger partial charge < -0.3 is 10.6 Å². The lowest BCUT2D eigenvalue weighted by Crippen LogP contribution is -2.23. The van der Waals surface area contributed by atoms with Crippen LogP contribution in [0.1, 0.15) is 31.2 Å². The summed E-state index contributed by atoms with van der Waals surface area (Å²) in [5.41, 5.74) is 9.06. The number of rotatable bonds is 3. The van der Waals surface area contributed by atoms with E-state index in [2.05, 4.69) is 34.5 Å². The SMILES string of the molecule is NCc1ccc(-c2csc(N3CCCCCC3)n2)cc1. The molecule has 0 bridgehead atoms. The van der Waals surface area contributed by atoms with Crippen molar-refractivity contribution in [1.82, 2.24) is 4.98 Å². The lowest BCUT2D eigenvalue weighted by atomic mass is 10.1. The Balaban J connectivity index is 1.78. The summed E-state index contributed by atoms with van der Waals surface area (Å²) >= 11 is 1.76. The van der Waals surface area contributed by atoms with E-state index in [1.54, 1.807) is 11.3 Å². The zero-order valence-corrected chi connectivity index (χ0v) is 12.5. The number of hydrogen-bond donors (Lipinski definition) is 1. The second kappa shape index (κ2) is 6.37. The number of aromatic nitrogens is 1. The molecule has 0 radical (unpaired) electrons. The molecule has 0 unspecified atom stereocenters. The molecule has 1 aliphatic heterocycles. The van der Waals surface area contributed by atoms with Crippen molar-refractivity contribution in [2.75, 3.05) is 18.0 Å². The standard InChI is InChI=1S/C16H21N3S/c17-11-13-5-7-14(8-6-13)15-12-20-16(18-15)19-9-3-1-2-4-10-19/h5-8,12H,1-4,9-11,17H2.